The van der Waals surface area contributed by atoms with E-state index in [1.165, 1.54) is 0 Å². The third-order valence-corrected chi connectivity index (χ3v) is 5.52. The van der Waals surface area contributed by atoms with Crippen molar-refractivity contribution in [2.45, 2.75) is 5.37 Å². The molecule has 3 rings (SSSR count). The van der Waals surface area contributed by atoms with E-state index >= 15 is 0 Å². The predicted octanol–water partition coefficient (Wildman–Crippen LogP) is 5.53. The summed E-state index contributed by atoms with van der Waals surface area (Å²) in [6, 6.07) is 13.1. The maximum absolute atomic E-state index is 12.3. The van der Waals surface area contributed by atoms with Gasteiger partial charge >= 0.3 is 0 Å². The Hall–Kier alpha value is -0.680. The van der Waals surface area contributed by atoms with Crippen molar-refractivity contribution in [1.82, 2.24) is 0 Å². The van der Waals surface area contributed by atoms with Crippen LogP contribution in [0.1, 0.15) is 10.9 Å². The number of rotatable bonds is 2. The number of carbonyl (C=O) groups is 1. The standard InChI is InChI=1S/C15H10BrCl2NOS/c16-13-4-2-1-3-12(13)15-19(14(20)8-21-15)11-6-9(17)5-10(18)7-11/h1-7,15H,8H2. The molecule has 0 spiro atoms. The van der Waals surface area contributed by atoms with Crippen molar-refractivity contribution in [1.29, 1.82) is 0 Å². The van der Waals surface area contributed by atoms with Crippen molar-refractivity contribution >= 4 is 62.5 Å². The summed E-state index contributed by atoms with van der Waals surface area (Å²) in [5.74, 6) is 0.495. The van der Waals surface area contributed by atoms with Crippen LogP contribution in [-0.2, 0) is 4.79 Å². The van der Waals surface area contributed by atoms with Gasteiger partial charge in [0.1, 0.15) is 5.37 Å². The van der Waals surface area contributed by atoms with Crippen molar-refractivity contribution in [2.75, 3.05) is 10.7 Å². The minimum absolute atomic E-state index is 0.0547. The van der Waals surface area contributed by atoms with Crippen molar-refractivity contribution in [3.63, 3.8) is 0 Å². The number of anilines is 1. The van der Waals surface area contributed by atoms with Gasteiger partial charge in [-0.3, -0.25) is 9.69 Å². The lowest BCUT2D eigenvalue weighted by Gasteiger charge is -2.25. The van der Waals surface area contributed by atoms with Crippen LogP contribution in [0.4, 0.5) is 5.69 Å². The topological polar surface area (TPSA) is 20.3 Å². The van der Waals surface area contributed by atoms with Crippen LogP contribution in [0.5, 0.6) is 0 Å². The molecule has 1 aliphatic heterocycles. The second-order valence-electron chi connectivity index (χ2n) is 4.58. The number of amides is 1. The molecule has 2 aromatic carbocycles. The number of halogens is 3. The number of hydrogen-bond donors (Lipinski definition) is 0. The van der Waals surface area contributed by atoms with Crippen LogP contribution in [0.15, 0.2) is 46.9 Å². The highest BCUT2D eigenvalue weighted by Gasteiger charge is 2.35. The highest BCUT2D eigenvalue weighted by atomic mass is 79.9. The summed E-state index contributed by atoms with van der Waals surface area (Å²) >= 11 is 17.3. The Kier molecular flexibility index (Phi) is 4.50. The minimum Gasteiger partial charge on any atom is -0.295 e. The lowest BCUT2D eigenvalue weighted by molar-refractivity contribution is -0.115. The zero-order valence-electron chi connectivity index (χ0n) is 10.7. The van der Waals surface area contributed by atoms with Gasteiger partial charge in [0.15, 0.2) is 0 Å². The van der Waals surface area contributed by atoms with E-state index in [4.69, 9.17) is 23.2 Å². The molecule has 1 fully saturated rings. The van der Waals surface area contributed by atoms with Crippen molar-refractivity contribution in [3.8, 4) is 0 Å². The van der Waals surface area contributed by atoms with Crippen LogP contribution in [0, 0.1) is 0 Å². The zero-order valence-corrected chi connectivity index (χ0v) is 14.6. The van der Waals surface area contributed by atoms with Crippen LogP contribution >= 0.6 is 50.9 Å². The van der Waals surface area contributed by atoms with E-state index in [9.17, 15) is 4.79 Å². The zero-order chi connectivity index (χ0) is 15.0. The lowest BCUT2D eigenvalue weighted by atomic mass is 10.2. The molecule has 108 valence electrons. The molecule has 0 radical (unpaired) electrons. The third kappa shape index (κ3) is 3.09. The van der Waals surface area contributed by atoms with E-state index in [2.05, 4.69) is 15.9 Å². The first-order chi connectivity index (χ1) is 10.1. The molecular weight excluding hydrogens is 393 g/mol. The van der Waals surface area contributed by atoms with E-state index in [-0.39, 0.29) is 11.3 Å². The van der Waals surface area contributed by atoms with E-state index in [0.29, 0.717) is 15.8 Å². The van der Waals surface area contributed by atoms with Gasteiger partial charge in [0, 0.05) is 20.2 Å². The van der Waals surface area contributed by atoms with E-state index in [0.717, 1.165) is 15.7 Å². The van der Waals surface area contributed by atoms with Gasteiger partial charge in [0.2, 0.25) is 5.91 Å². The molecule has 0 aromatic heterocycles. The molecule has 1 heterocycles. The monoisotopic (exact) mass is 401 g/mol. The largest absolute Gasteiger partial charge is 0.295 e. The van der Waals surface area contributed by atoms with Gasteiger partial charge in [-0.15, -0.1) is 11.8 Å². The SMILES string of the molecule is O=C1CSC(c2ccccc2Br)N1c1cc(Cl)cc(Cl)c1. The molecule has 1 unspecified atom stereocenters. The highest BCUT2D eigenvalue weighted by molar-refractivity contribution is 9.10. The van der Waals surface area contributed by atoms with Crippen LogP contribution in [-0.4, -0.2) is 11.7 Å². The fourth-order valence-corrected chi connectivity index (χ4v) is 4.67. The Balaban J connectivity index is 2.06. The summed E-state index contributed by atoms with van der Waals surface area (Å²) in [4.78, 5) is 14.0. The summed E-state index contributed by atoms with van der Waals surface area (Å²) in [6.45, 7) is 0. The molecule has 1 saturated heterocycles. The van der Waals surface area contributed by atoms with Gasteiger partial charge in [-0.2, -0.15) is 0 Å². The molecule has 0 bridgehead atoms. The molecular formula is C15H10BrCl2NOS. The lowest BCUT2D eigenvalue weighted by Crippen LogP contribution is -2.28. The molecule has 1 amide bonds. The maximum atomic E-state index is 12.3. The summed E-state index contributed by atoms with van der Waals surface area (Å²) in [7, 11) is 0. The summed E-state index contributed by atoms with van der Waals surface area (Å²) in [5, 5.41) is 0.962. The van der Waals surface area contributed by atoms with Gasteiger partial charge in [-0.1, -0.05) is 57.3 Å². The number of nitrogens with zero attached hydrogens (tertiary/aromatic N) is 1. The molecule has 6 heteroatoms. The summed E-state index contributed by atoms with van der Waals surface area (Å²) in [5.41, 5.74) is 1.78. The molecule has 2 nitrogen and oxygen atoms in total. The van der Waals surface area contributed by atoms with E-state index in [1.807, 2.05) is 24.3 Å². The maximum Gasteiger partial charge on any atom is 0.238 e. The van der Waals surface area contributed by atoms with Crippen molar-refractivity contribution in [3.05, 3.63) is 62.5 Å². The first-order valence-corrected chi connectivity index (χ1v) is 8.80. The fraction of sp³-hybridized carbons (Fsp3) is 0.133. The molecule has 0 N–H and O–H groups in total. The quantitative estimate of drug-likeness (QED) is 0.657. The first kappa shape index (κ1) is 15.2. The smallest absolute Gasteiger partial charge is 0.238 e. The molecule has 1 aliphatic rings. The molecule has 21 heavy (non-hydrogen) atoms. The summed E-state index contributed by atoms with van der Waals surface area (Å²) in [6.07, 6.45) is 0. The van der Waals surface area contributed by atoms with E-state index < -0.39 is 0 Å². The van der Waals surface area contributed by atoms with Crippen LogP contribution in [0.25, 0.3) is 0 Å². The Bertz CT molecular complexity index is 690. The van der Waals surface area contributed by atoms with Crippen LogP contribution in [0.3, 0.4) is 0 Å². The second-order valence-corrected chi connectivity index (χ2v) is 7.37. The average Bonchev–Trinajstić information content (AvgIpc) is 2.80. The molecule has 0 saturated carbocycles. The normalized spacial score (nSPS) is 18.3. The Morgan fingerprint density at radius 1 is 1.14 bits per heavy atom. The number of hydrogen-bond acceptors (Lipinski definition) is 2. The number of benzene rings is 2. The first-order valence-electron chi connectivity index (χ1n) is 6.20. The number of thioether (sulfide) groups is 1. The average molecular weight is 403 g/mol. The third-order valence-electron chi connectivity index (χ3n) is 3.16. The molecule has 1 atom stereocenters. The van der Waals surface area contributed by atoms with Gasteiger partial charge < -0.3 is 0 Å². The van der Waals surface area contributed by atoms with Crippen molar-refractivity contribution < 1.29 is 4.79 Å². The Labute approximate surface area is 145 Å². The van der Waals surface area contributed by atoms with E-state index in [1.54, 1.807) is 34.9 Å². The molecule has 0 aliphatic carbocycles. The fourth-order valence-electron chi connectivity index (χ4n) is 2.29. The summed E-state index contributed by atoms with van der Waals surface area (Å²) < 4.78 is 0.982. The second kappa shape index (κ2) is 6.21. The Morgan fingerprint density at radius 2 is 1.81 bits per heavy atom. The molecule has 2 aromatic rings. The minimum atomic E-state index is -0.0809. The van der Waals surface area contributed by atoms with Crippen LogP contribution in [0.2, 0.25) is 10.0 Å². The predicted molar refractivity (Wildman–Crippen MR) is 93.3 cm³/mol. The van der Waals surface area contributed by atoms with Gasteiger partial charge in [-0.25, -0.2) is 0 Å². The van der Waals surface area contributed by atoms with Gasteiger partial charge in [0.25, 0.3) is 0 Å². The van der Waals surface area contributed by atoms with Gasteiger partial charge in [-0.05, 0) is 29.8 Å². The van der Waals surface area contributed by atoms with Crippen molar-refractivity contribution in [2.24, 2.45) is 0 Å². The van der Waals surface area contributed by atoms with Gasteiger partial charge in [0.05, 0.1) is 5.75 Å². The number of carbonyl (C=O) groups excluding carboxylic acids is 1. The highest BCUT2D eigenvalue weighted by Crippen LogP contribution is 2.44. The van der Waals surface area contributed by atoms with Crippen LogP contribution < -0.4 is 4.90 Å². The Morgan fingerprint density at radius 3 is 2.48 bits per heavy atom.